The second kappa shape index (κ2) is 2.74. The van der Waals surface area contributed by atoms with Crippen LogP contribution in [0.15, 0.2) is 0 Å². The van der Waals surface area contributed by atoms with Crippen molar-refractivity contribution >= 4 is 0 Å². The number of rotatable bonds is 1. The summed E-state index contributed by atoms with van der Waals surface area (Å²) in [7, 11) is 0. The SMILES string of the molecule is CC1CC(C)(C)CC(C)(C2CC2)C1. The summed E-state index contributed by atoms with van der Waals surface area (Å²) in [6.07, 6.45) is 7.42. The maximum absolute atomic E-state index is 2.54. The van der Waals surface area contributed by atoms with Crippen LogP contribution in [0.3, 0.4) is 0 Å². The van der Waals surface area contributed by atoms with Crippen molar-refractivity contribution in [3.05, 3.63) is 0 Å². The Morgan fingerprint density at radius 2 is 1.62 bits per heavy atom. The number of hydrogen-bond donors (Lipinski definition) is 0. The van der Waals surface area contributed by atoms with Crippen LogP contribution in [0.25, 0.3) is 0 Å². The van der Waals surface area contributed by atoms with Crippen LogP contribution in [0, 0.1) is 22.7 Å². The molecule has 0 N–H and O–H groups in total. The predicted octanol–water partition coefficient (Wildman–Crippen LogP) is 4.25. The minimum Gasteiger partial charge on any atom is -0.0625 e. The maximum atomic E-state index is 2.54. The van der Waals surface area contributed by atoms with Crippen molar-refractivity contribution < 1.29 is 0 Å². The van der Waals surface area contributed by atoms with Crippen molar-refractivity contribution in [2.75, 3.05) is 0 Å². The topological polar surface area (TPSA) is 0 Å². The molecule has 2 aliphatic rings. The molecule has 0 amide bonds. The first-order valence-electron chi connectivity index (χ1n) is 5.91. The largest absolute Gasteiger partial charge is 0.0625 e. The summed E-state index contributed by atoms with van der Waals surface area (Å²) in [5.74, 6) is 2.03. The quantitative estimate of drug-likeness (QED) is 0.566. The summed E-state index contributed by atoms with van der Waals surface area (Å²) < 4.78 is 0. The smallest absolute Gasteiger partial charge is 0.0290 e. The molecular formula is C13H24. The van der Waals surface area contributed by atoms with E-state index in [1.165, 1.54) is 32.1 Å². The molecule has 0 aromatic heterocycles. The van der Waals surface area contributed by atoms with Gasteiger partial charge in [0.1, 0.15) is 0 Å². The molecule has 0 heterocycles. The third-order valence-corrected chi connectivity index (χ3v) is 4.16. The van der Waals surface area contributed by atoms with E-state index in [9.17, 15) is 0 Å². The van der Waals surface area contributed by atoms with E-state index in [2.05, 4.69) is 27.7 Å². The second-order valence-corrected chi connectivity index (χ2v) is 6.78. The van der Waals surface area contributed by atoms with E-state index in [0.717, 1.165) is 11.8 Å². The first kappa shape index (κ1) is 9.55. The van der Waals surface area contributed by atoms with E-state index in [4.69, 9.17) is 0 Å². The monoisotopic (exact) mass is 180 g/mol. The first-order valence-corrected chi connectivity index (χ1v) is 5.91. The minimum atomic E-state index is 0.606. The van der Waals surface area contributed by atoms with Gasteiger partial charge in [0.25, 0.3) is 0 Å². The average Bonchev–Trinajstić information content (AvgIpc) is 2.57. The Morgan fingerprint density at radius 3 is 2.08 bits per heavy atom. The van der Waals surface area contributed by atoms with E-state index in [-0.39, 0.29) is 0 Å². The van der Waals surface area contributed by atoms with Crippen molar-refractivity contribution in [2.45, 2.75) is 59.8 Å². The molecule has 2 saturated carbocycles. The van der Waals surface area contributed by atoms with Crippen molar-refractivity contribution in [3.8, 4) is 0 Å². The molecule has 13 heavy (non-hydrogen) atoms. The summed E-state index contributed by atoms with van der Waals surface area (Å²) in [6, 6.07) is 0. The van der Waals surface area contributed by atoms with Crippen LogP contribution in [0.5, 0.6) is 0 Å². The molecule has 0 aromatic carbocycles. The van der Waals surface area contributed by atoms with Gasteiger partial charge in [0.2, 0.25) is 0 Å². The Morgan fingerprint density at radius 1 is 1.00 bits per heavy atom. The van der Waals surface area contributed by atoms with Crippen molar-refractivity contribution in [1.29, 1.82) is 0 Å². The Labute approximate surface area is 83.1 Å². The standard InChI is InChI=1S/C13H24/c1-10-7-12(2,3)9-13(4,8-10)11-5-6-11/h10-11H,5-9H2,1-4H3. The Bertz CT molecular complexity index is 200. The molecule has 0 bridgehead atoms. The third-order valence-electron chi connectivity index (χ3n) is 4.16. The Balaban J connectivity index is 2.11. The van der Waals surface area contributed by atoms with Gasteiger partial charge in [-0.3, -0.25) is 0 Å². The van der Waals surface area contributed by atoms with Gasteiger partial charge in [-0.2, -0.15) is 0 Å². The van der Waals surface area contributed by atoms with Crippen LogP contribution in [0.2, 0.25) is 0 Å². The van der Waals surface area contributed by atoms with Gasteiger partial charge < -0.3 is 0 Å². The molecule has 0 spiro atoms. The fourth-order valence-electron chi connectivity index (χ4n) is 4.14. The maximum Gasteiger partial charge on any atom is -0.0290 e. The van der Waals surface area contributed by atoms with Crippen molar-refractivity contribution in [2.24, 2.45) is 22.7 Å². The highest BCUT2D eigenvalue weighted by Crippen LogP contribution is 2.58. The van der Waals surface area contributed by atoms with Crippen molar-refractivity contribution in [3.63, 3.8) is 0 Å². The van der Waals surface area contributed by atoms with Gasteiger partial charge in [-0.05, 0) is 54.8 Å². The van der Waals surface area contributed by atoms with Crippen LogP contribution >= 0.6 is 0 Å². The average molecular weight is 180 g/mol. The van der Waals surface area contributed by atoms with E-state index in [0.29, 0.717) is 10.8 Å². The highest BCUT2D eigenvalue weighted by molar-refractivity contribution is 4.98. The summed E-state index contributed by atoms with van der Waals surface area (Å²) >= 11 is 0. The summed E-state index contributed by atoms with van der Waals surface area (Å²) in [4.78, 5) is 0. The molecule has 76 valence electrons. The van der Waals surface area contributed by atoms with Gasteiger partial charge in [0.15, 0.2) is 0 Å². The first-order chi connectivity index (χ1) is 5.91. The van der Waals surface area contributed by atoms with Crippen LogP contribution in [0.1, 0.15) is 59.8 Å². The van der Waals surface area contributed by atoms with Crippen molar-refractivity contribution in [1.82, 2.24) is 0 Å². The molecule has 0 aromatic rings. The van der Waals surface area contributed by atoms with E-state index in [1.54, 1.807) is 0 Å². The third kappa shape index (κ3) is 1.92. The minimum absolute atomic E-state index is 0.606. The van der Waals surface area contributed by atoms with Crippen LogP contribution < -0.4 is 0 Å². The number of hydrogen-bond acceptors (Lipinski definition) is 0. The fourth-order valence-corrected chi connectivity index (χ4v) is 4.14. The Hall–Kier alpha value is 0. The lowest BCUT2D eigenvalue weighted by molar-refractivity contribution is 0.0438. The molecule has 0 nitrogen and oxygen atoms in total. The van der Waals surface area contributed by atoms with Gasteiger partial charge in [-0.15, -0.1) is 0 Å². The van der Waals surface area contributed by atoms with Crippen LogP contribution in [0.4, 0.5) is 0 Å². The molecule has 0 radical (unpaired) electrons. The van der Waals surface area contributed by atoms with Gasteiger partial charge in [-0.1, -0.05) is 27.7 Å². The van der Waals surface area contributed by atoms with Gasteiger partial charge in [0.05, 0.1) is 0 Å². The molecule has 0 heteroatoms. The molecule has 2 rings (SSSR count). The van der Waals surface area contributed by atoms with E-state index < -0.39 is 0 Å². The van der Waals surface area contributed by atoms with Gasteiger partial charge in [0, 0.05) is 0 Å². The fraction of sp³-hybridized carbons (Fsp3) is 1.00. The highest BCUT2D eigenvalue weighted by atomic mass is 14.5. The van der Waals surface area contributed by atoms with Gasteiger partial charge in [-0.25, -0.2) is 0 Å². The molecule has 2 unspecified atom stereocenters. The highest BCUT2D eigenvalue weighted by Gasteiger charge is 2.47. The second-order valence-electron chi connectivity index (χ2n) is 6.78. The van der Waals surface area contributed by atoms with Crippen LogP contribution in [-0.4, -0.2) is 0 Å². The summed E-state index contributed by atoms with van der Waals surface area (Å²) in [6.45, 7) is 9.91. The zero-order valence-corrected chi connectivity index (χ0v) is 9.69. The zero-order chi connectivity index (χ0) is 9.69. The summed E-state index contributed by atoms with van der Waals surface area (Å²) in [5.41, 5.74) is 1.30. The molecule has 2 fully saturated rings. The lowest BCUT2D eigenvalue weighted by Gasteiger charge is -2.46. The predicted molar refractivity (Wildman–Crippen MR) is 57.6 cm³/mol. The lowest BCUT2D eigenvalue weighted by Crippen LogP contribution is -2.36. The molecule has 2 aliphatic carbocycles. The Kier molecular flexibility index (Phi) is 2.02. The summed E-state index contributed by atoms with van der Waals surface area (Å²) in [5, 5.41) is 0. The van der Waals surface area contributed by atoms with E-state index >= 15 is 0 Å². The van der Waals surface area contributed by atoms with Gasteiger partial charge >= 0.3 is 0 Å². The normalized spacial score (nSPS) is 44.8. The lowest BCUT2D eigenvalue weighted by atomic mass is 9.59. The molecule has 0 saturated heterocycles. The molecular weight excluding hydrogens is 156 g/mol. The zero-order valence-electron chi connectivity index (χ0n) is 9.69. The molecule has 0 aliphatic heterocycles. The molecule has 2 atom stereocenters. The van der Waals surface area contributed by atoms with E-state index in [1.807, 2.05) is 0 Å². The van der Waals surface area contributed by atoms with Crippen LogP contribution in [-0.2, 0) is 0 Å².